The second kappa shape index (κ2) is 6.91. The highest BCUT2D eigenvalue weighted by molar-refractivity contribution is 7.90. The molecule has 0 aliphatic rings. The van der Waals surface area contributed by atoms with Crippen molar-refractivity contribution in [3.8, 4) is 0 Å². The molecule has 1 unspecified atom stereocenters. The van der Waals surface area contributed by atoms with E-state index in [1.807, 2.05) is 24.3 Å². The molecule has 1 aromatic carbocycles. The summed E-state index contributed by atoms with van der Waals surface area (Å²) in [5.74, 6) is 0.913. The van der Waals surface area contributed by atoms with Crippen LogP contribution in [0.25, 0.3) is 0 Å². The Morgan fingerprint density at radius 2 is 1.90 bits per heavy atom. The van der Waals surface area contributed by atoms with Crippen molar-refractivity contribution < 1.29 is 12.8 Å². The molecule has 0 aliphatic carbocycles. The van der Waals surface area contributed by atoms with Crippen LogP contribution in [0.15, 0.2) is 52.0 Å². The van der Waals surface area contributed by atoms with Crippen LogP contribution in [0.2, 0.25) is 0 Å². The Morgan fingerprint density at radius 3 is 2.43 bits per heavy atom. The molecule has 1 aromatic heterocycles. The average Bonchev–Trinajstić information content (AvgIpc) is 2.95. The molecular formula is C16H21NO3S. The van der Waals surface area contributed by atoms with Crippen LogP contribution in [0.4, 0.5) is 0 Å². The molecule has 5 heteroatoms. The molecule has 0 aliphatic heterocycles. The predicted octanol–water partition coefficient (Wildman–Crippen LogP) is 2.97. The molecule has 1 atom stereocenters. The van der Waals surface area contributed by atoms with E-state index in [1.54, 1.807) is 18.4 Å². The summed E-state index contributed by atoms with van der Waals surface area (Å²) in [4.78, 5) is 0.346. The molecule has 0 spiro atoms. The first-order valence-corrected chi connectivity index (χ1v) is 8.95. The van der Waals surface area contributed by atoms with Gasteiger partial charge in [-0.25, -0.2) is 8.42 Å². The molecule has 2 aromatic rings. The lowest BCUT2D eigenvalue weighted by atomic mass is 10.0. The van der Waals surface area contributed by atoms with E-state index in [4.69, 9.17) is 4.42 Å². The lowest BCUT2D eigenvalue weighted by molar-refractivity contribution is 0.449. The van der Waals surface area contributed by atoms with Crippen LogP contribution in [-0.2, 0) is 16.3 Å². The van der Waals surface area contributed by atoms with E-state index in [2.05, 4.69) is 12.2 Å². The normalized spacial score (nSPS) is 13.2. The Labute approximate surface area is 126 Å². The number of sulfone groups is 1. The zero-order valence-corrected chi connectivity index (χ0v) is 13.2. The third-order valence-corrected chi connectivity index (χ3v) is 4.47. The van der Waals surface area contributed by atoms with Gasteiger partial charge in [-0.3, -0.25) is 0 Å². The van der Waals surface area contributed by atoms with Crippen molar-refractivity contribution in [3.05, 3.63) is 54.0 Å². The van der Waals surface area contributed by atoms with Crippen LogP contribution in [0.1, 0.15) is 30.7 Å². The number of hydrogen-bond donors (Lipinski definition) is 1. The van der Waals surface area contributed by atoms with E-state index in [0.717, 1.165) is 30.7 Å². The van der Waals surface area contributed by atoms with Crippen LogP contribution in [-0.4, -0.2) is 21.2 Å². The first-order valence-electron chi connectivity index (χ1n) is 7.06. The predicted molar refractivity (Wildman–Crippen MR) is 83.0 cm³/mol. The van der Waals surface area contributed by atoms with Crippen LogP contribution >= 0.6 is 0 Å². The highest BCUT2D eigenvalue weighted by Crippen LogP contribution is 2.21. The molecule has 2 rings (SSSR count). The molecule has 0 radical (unpaired) electrons. The van der Waals surface area contributed by atoms with Crippen molar-refractivity contribution in [2.45, 2.75) is 30.7 Å². The fourth-order valence-corrected chi connectivity index (χ4v) is 2.83. The van der Waals surface area contributed by atoms with Gasteiger partial charge in [0.15, 0.2) is 9.84 Å². The zero-order valence-electron chi connectivity index (χ0n) is 12.4. The molecule has 0 saturated heterocycles. The molecule has 1 heterocycles. The van der Waals surface area contributed by atoms with E-state index in [1.165, 1.54) is 6.26 Å². The third-order valence-electron chi connectivity index (χ3n) is 3.34. The topological polar surface area (TPSA) is 59.3 Å². The summed E-state index contributed by atoms with van der Waals surface area (Å²) in [7, 11) is -3.15. The SMILES string of the molecule is CCCNC(Cc1ccco1)c1ccc(S(C)(=O)=O)cc1. The minimum Gasteiger partial charge on any atom is -0.469 e. The maximum Gasteiger partial charge on any atom is 0.175 e. The number of rotatable bonds is 7. The summed E-state index contributed by atoms with van der Waals surface area (Å²) < 4.78 is 28.4. The van der Waals surface area contributed by atoms with E-state index < -0.39 is 9.84 Å². The largest absolute Gasteiger partial charge is 0.469 e. The molecule has 21 heavy (non-hydrogen) atoms. The fraction of sp³-hybridized carbons (Fsp3) is 0.375. The minimum absolute atomic E-state index is 0.115. The van der Waals surface area contributed by atoms with Gasteiger partial charge in [0.25, 0.3) is 0 Å². The molecule has 4 nitrogen and oxygen atoms in total. The Bertz CT molecular complexity index is 645. The Balaban J connectivity index is 2.19. The van der Waals surface area contributed by atoms with Crippen molar-refractivity contribution in [2.75, 3.05) is 12.8 Å². The molecule has 1 N–H and O–H groups in total. The second-order valence-electron chi connectivity index (χ2n) is 5.13. The van der Waals surface area contributed by atoms with Crippen LogP contribution in [0.3, 0.4) is 0 Å². The highest BCUT2D eigenvalue weighted by Gasteiger charge is 2.14. The van der Waals surface area contributed by atoms with Crippen molar-refractivity contribution in [1.29, 1.82) is 0 Å². The first-order chi connectivity index (χ1) is 10.0. The maximum absolute atomic E-state index is 11.5. The first kappa shape index (κ1) is 15.8. The summed E-state index contributed by atoms with van der Waals surface area (Å²) >= 11 is 0. The van der Waals surface area contributed by atoms with Crippen LogP contribution in [0, 0.1) is 0 Å². The van der Waals surface area contributed by atoms with Crippen molar-refractivity contribution in [3.63, 3.8) is 0 Å². The Morgan fingerprint density at radius 1 is 1.19 bits per heavy atom. The van der Waals surface area contributed by atoms with E-state index in [9.17, 15) is 8.42 Å². The monoisotopic (exact) mass is 307 g/mol. The van der Waals surface area contributed by atoms with Gasteiger partial charge >= 0.3 is 0 Å². The number of nitrogens with one attached hydrogen (secondary N) is 1. The van der Waals surface area contributed by atoms with Gasteiger partial charge in [-0.15, -0.1) is 0 Å². The second-order valence-corrected chi connectivity index (χ2v) is 7.15. The van der Waals surface area contributed by atoms with E-state index in [-0.39, 0.29) is 6.04 Å². The summed E-state index contributed by atoms with van der Waals surface area (Å²) in [6.07, 6.45) is 4.66. The molecule has 114 valence electrons. The van der Waals surface area contributed by atoms with Gasteiger partial charge in [0.2, 0.25) is 0 Å². The van der Waals surface area contributed by atoms with Gasteiger partial charge in [0.05, 0.1) is 11.2 Å². The smallest absolute Gasteiger partial charge is 0.175 e. The lowest BCUT2D eigenvalue weighted by Gasteiger charge is -2.18. The van der Waals surface area contributed by atoms with Crippen molar-refractivity contribution in [2.24, 2.45) is 0 Å². The van der Waals surface area contributed by atoms with Gasteiger partial charge in [-0.05, 0) is 42.8 Å². The molecule has 0 fully saturated rings. The fourth-order valence-electron chi connectivity index (χ4n) is 2.20. The number of hydrogen-bond acceptors (Lipinski definition) is 4. The summed E-state index contributed by atoms with van der Waals surface area (Å²) in [6.45, 7) is 3.02. The van der Waals surface area contributed by atoms with Gasteiger partial charge in [0.1, 0.15) is 5.76 Å². The summed E-state index contributed by atoms with van der Waals surface area (Å²) in [6, 6.07) is 11.0. The number of furan rings is 1. The van der Waals surface area contributed by atoms with Crippen LogP contribution < -0.4 is 5.32 Å². The van der Waals surface area contributed by atoms with Crippen molar-refractivity contribution in [1.82, 2.24) is 5.32 Å². The summed E-state index contributed by atoms with van der Waals surface area (Å²) in [5.41, 5.74) is 1.06. The van der Waals surface area contributed by atoms with Gasteiger partial charge in [0, 0.05) is 18.7 Å². The number of benzene rings is 1. The molecule has 0 amide bonds. The van der Waals surface area contributed by atoms with Gasteiger partial charge < -0.3 is 9.73 Å². The average molecular weight is 307 g/mol. The molecule has 0 bridgehead atoms. The molecular weight excluding hydrogens is 286 g/mol. The Hall–Kier alpha value is -1.59. The zero-order chi connectivity index (χ0) is 15.3. The summed E-state index contributed by atoms with van der Waals surface area (Å²) in [5, 5.41) is 3.47. The molecule has 0 saturated carbocycles. The highest BCUT2D eigenvalue weighted by atomic mass is 32.2. The lowest BCUT2D eigenvalue weighted by Crippen LogP contribution is -2.24. The van der Waals surface area contributed by atoms with E-state index in [0.29, 0.717) is 4.90 Å². The van der Waals surface area contributed by atoms with Gasteiger partial charge in [-0.1, -0.05) is 19.1 Å². The van der Waals surface area contributed by atoms with Gasteiger partial charge in [-0.2, -0.15) is 0 Å². The minimum atomic E-state index is -3.15. The standard InChI is InChI=1S/C16H21NO3S/c1-3-10-17-16(12-14-5-4-11-20-14)13-6-8-15(9-7-13)21(2,18)19/h4-9,11,16-17H,3,10,12H2,1-2H3. The quantitative estimate of drug-likeness (QED) is 0.854. The van der Waals surface area contributed by atoms with Crippen LogP contribution in [0.5, 0.6) is 0 Å². The maximum atomic E-state index is 11.5. The van der Waals surface area contributed by atoms with Crippen molar-refractivity contribution >= 4 is 9.84 Å². The third kappa shape index (κ3) is 4.44. The Kier molecular flexibility index (Phi) is 5.20. The van der Waals surface area contributed by atoms with E-state index >= 15 is 0 Å².